The molecule has 0 fully saturated rings. The van der Waals surface area contributed by atoms with Gasteiger partial charge in [0.05, 0.1) is 34.5 Å². The van der Waals surface area contributed by atoms with Crippen LogP contribution in [0.15, 0.2) is 72.8 Å². The van der Waals surface area contributed by atoms with Gasteiger partial charge in [0.1, 0.15) is 5.82 Å². The molecule has 0 saturated heterocycles. The molecule has 2 heterocycles. The van der Waals surface area contributed by atoms with Crippen LogP contribution in [0.1, 0.15) is 20.7 Å². The Bertz CT molecular complexity index is 1230. The quantitative estimate of drug-likeness (QED) is 0.548. The topological polar surface area (TPSA) is 75.4 Å². The molecule has 2 amide bonds. The summed E-state index contributed by atoms with van der Waals surface area (Å²) < 4.78 is 1.94. The van der Waals surface area contributed by atoms with E-state index in [2.05, 4.69) is 0 Å². The van der Waals surface area contributed by atoms with Crippen molar-refractivity contribution in [3.05, 3.63) is 83.9 Å². The molecule has 4 aromatic rings. The van der Waals surface area contributed by atoms with Crippen LogP contribution in [-0.2, 0) is 6.54 Å². The van der Waals surface area contributed by atoms with E-state index in [1.165, 1.54) is 4.90 Å². The highest BCUT2D eigenvalue weighted by atomic mass is 16.3. The molecule has 0 radical (unpaired) electrons. The molecule has 142 valence electrons. The SMILES string of the molecule is O=C1c2ccccc2C(=O)N1c1ccc2c(c1)nc(-c1ccccc1)n2CCO. The molecule has 1 aromatic heterocycles. The summed E-state index contributed by atoms with van der Waals surface area (Å²) in [6.45, 7) is 0.374. The summed E-state index contributed by atoms with van der Waals surface area (Å²) >= 11 is 0. The second kappa shape index (κ2) is 6.68. The van der Waals surface area contributed by atoms with E-state index in [9.17, 15) is 14.7 Å². The highest BCUT2D eigenvalue weighted by molar-refractivity contribution is 6.34. The lowest BCUT2D eigenvalue weighted by Gasteiger charge is -2.14. The molecule has 1 aliphatic rings. The maximum Gasteiger partial charge on any atom is 0.266 e. The van der Waals surface area contributed by atoms with Crippen LogP contribution >= 0.6 is 0 Å². The van der Waals surface area contributed by atoms with Crippen LogP contribution in [0.25, 0.3) is 22.4 Å². The van der Waals surface area contributed by atoms with Crippen LogP contribution in [0.4, 0.5) is 5.69 Å². The van der Waals surface area contributed by atoms with Crippen LogP contribution < -0.4 is 4.90 Å². The predicted octanol–water partition coefficient (Wildman–Crippen LogP) is 3.50. The van der Waals surface area contributed by atoms with Crippen LogP contribution in [0, 0.1) is 0 Å². The second-order valence-electron chi connectivity index (χ2n) is 6.84. The lowest BCUT2D eigenvalue weighted by molar-refractivity contribution is 0.0926. The van der Waals surface area contributed by atoms with Gasteiger partial charge in [0.25, 0.3) is 11.8 Å². The zero-order valence-corrected chi connectivity index (χ0v) is 15.4. The first-order valence-electron chi connectivity index (χ1n) is 9.33. The van der Waals surface area contributed by atoms with E-state index in [4.69, 9.17) is 4.98 Å². The van der Waals surface area contributed by atoms with Crippen molar-refractivity contribution in [2.24, 2.45) is 0 Å². The standard InChI is InChI=1S/C23H17N3O3/c27-13-12-25-20-11-10-16(14-19(20)24-21(25)15-6-2-1-3-7-15)26-22(28)17-8-4-5-9-18(17)23(26)29/h1-11,14,27H,12-13H2. The maximum absolute atomic E-state index is 12.8. The molecule has 1 N–H and O–H groups in total. The molecule has 1 aliphatic heterocycles. The van der Waals surface area contributed by atoms with Crippen molar-refractivity contribution in [3.8, 4) is 11.4 Å². The highest BCUT2D eigenvalue weighted by Gasteiger charge is 2.36. The molecule has 6 heteroatoms. The third-order valence-electron chi connectivity index (χ3n) is 5.14. The van der Waals surface area contributed by atoms with E-state index < -0.39 is 0 Å². The summed E-state index contributed by atoms with van der Waals surface area (Å²) in [6.07, 6.45) is 0. The number of rotatable bonds is 4. The smallest absolute Gasteiger partial charge is 0.266 e. The van der Waals surface area contributed by atoms with Gasteiger partial charge in [0, 0.05) is 12.1 Å². The number of amides is 2. The van der Waals surface area contributed by atoms with Gasteiger partial charge in [-0.05, 0) is 30.3 Å². The molecule has 0 bridgehead atoms. The normalized spacial score (nSPS) is 13.3. The van der Waals surface area contributed by atoms with Gasteiger partial charge in [-0.25, -0.2) is 9.88 Å². The van der Waals surface area contributed by atoms with Crippen molar-refractivity contribution in [1.29, 1.82) is 0 Å². The van der Waals surface area contributed by atoms with Gasteiger partial charge in [-0.1, -0.05) is 42.5 Å². The summed E-state index contributed by atoms with van der Waals surface area (Å²) in [5.41, 5.74) is 3.72. The van der Waals surface area contributed by atoms with Crippen molar-refractivity contribution < 1.29 is 14.7 Å². The Kier molecular flexibility index (Phi) is 4.00. The Morgan fingerprint density at radius 3 is 2.14 bits per heavy atom. The summed E-state index contributed by atoms with van der Waals surface area (Å²) in [4.78, 5) is 31.5. The van der Waals surface area contributed by atoms with Crippen LogP contribution in [0.2, 0.25) is 0 Å². The molecule has 6 nitrogen and oxygen atoms in total. The molecule has 3 aromatic carbocycles. The van der Waals surface area contributed by atoms with Gasteiger partial charge in [-0.3, -0.25) is 9.59 Å². The summed E-state index contributed by atoms with van der Waals surface area (Å²) in [5, 5.41) is 9.52. The molecule has 5 rings (SSSR count). The number of fused-ring (bicyclic) bond motifs is 2. The van der Waals surface area contributed by atoms with Crippen LogP contribution in [0.3, 0.4) is 0 Å². The Labute approximate surface area is 166 Å². The number of carbonyl (C=O) groups is 2. The first-order chi connectivity index (χ1) is 14.2. The molecule has 0 saturated carbocycles. The Morgan fingerprint density at radius 1 is 0.828 bits per heavy atom. The molecule has 0 aliphatic carbocycles. The molecule has 0 atom stereocenters. The fourth-order valence-corrected chi connectivity index (χ4v) is 3.81. The van der Waals surface area contributed by atoms with Crippen molar-refractivity contribution in [1.82, 2.24) is 9.55 Å². The number of aliphatic hydroxyl groups excluding tert-OH is 1. The fraction of sp³-hybridized carbons (Fsp3) is 0.0870. The number of hydrogen-bond acceptors (Lipinski definition) is 4. The third-order valence-corrected chi connectivity index (χ3v) is 5.14. The summed E-state index contributed by atoms with van der Waals surface area (Å²) in [6, 6.07) is 21.9. The maximum atomic E-state index is 12.8. The Balaban J connectivity index is 1.64. The van der Waals surface area contributed by atoms with Crippen molar-refractivity contribution in [2.45, 2.75) is 6.54 Å². The number of aromatic nitrogens is 2. The number of benzene rings is 3. The Hall–Kier alpha value is -3.77. The van der Waals surface area contributed by atoms with E-state index in [1.54, 1.807) is 36.4 Å². The van der Waals surface area contributed by atoms with E-state index in [-0.39, 0.29) is 18.4 Å². The van der Waals surface area contributed by atoms with Crippen molar-refractivity contribution in [2.75, 3.05) is 11.5 Å². The van der Waals surface area contributed by atoms with E-state index >= 15 is 0 Å². The lowest BCUT2D eigenvalue weighted by Crippen LogP contribution is -2.29. The minimum absolute atomic E-state index is 0.0224. The lowest BCUT2D eigenvalue weighted by atomic mass is 10.1. The zero-order valence-electron chi connectivity index (χ0n) is 15.4. The highest BCUT2D eigenvalue weighted by Crippen LogP contribution is 2.32. The molecule has 0 spiro atoms. The second-order valence-corrected chi connectivity index (χ2v) is 6.84. The van der Waals surface area contributed by atoms with Gasteiger partial charge in [-0.15, -0.1) is 0 Å². The first kappa shape index (κ1) is 17.3. The fourth-order valence-electron chi connectivity index (χ4n) is 3.81. The van der Waals surface area contributed by atoms with Gasteiger partial charge in [0.2, 0.25) is 0 Å². The van der Waals surface area contributed by atoms with Crippen molar-refractivity contribution in [3.63, 3.8) is 0 Å². The molecule has 0 unspecified atom stereocenters. The monoisotopic (exact) mass is 383 g/mol. The summed E-state index contributed by atoms with van der Waals surface area (Å²) in [5.74, 6) is 0.0696. The predicted molar refractivity (Wildman–Crippen MR) is 110 cm³/mol. The molecule has 29 heavy (non-hydrogen) atoms. The minimum atomic E-state index is -0.331. The largest absolute Gasteiger partial charge is 0.395 e. The first-order valence-corrected chi connectivity index (χ1v) is 9.33. The number of nitrogens with zero attached hydrogens (tertiary/aromatic N) is 3. The van der Waals surface area contributed by atoms with E-state index in [0.717, 1.165) is 16.9 Å². The van der Waals surface area contributed by atoms with Crippen LogP contribution in [0.5, 0.6) is 0 Å². The number of hydrogen-bond donors (Lipinski definition) is 1. The zero-order chi connectivity index (χ0) is 20.0. The molecular formula is C23H17N3O3. The average Bonchev–Trinajstić information content (AvgIpc) is 3.24. The number of anilines is 1. The van der Waals surface area contributed by atoms with E-state index in [0.29, 0.717) is 28.9 Å². The van der Waals surface area contributed by atoms with Gasteiger partial charge < -0.3 is 9.67 Å². The van der Waals surface area contributed by atoms with Gasteiger partial charge >= 0.3 is 0 Å². The minimum Gasteiger partial charge on any atom is -0.395 e. The molecular weight excluding hydrogens is 366 g/mol. The average molecular weight is 383 g/mol. The van der Waals surface area contributed by atoms with Gasteiger partial charge in [-0.2, -0.15) is 0 Å². The number of imide groups is 1. The Morgan fingerprint density at radius 2 is 1.48 bits per heavy atom. The van der Waals surface area contributed by atoms with E-state index in [1.807, 2.05) is 41.0 Å². The summed E-state index contributed by atoms with van der Waals surface area (Å²) in [7, 11) is 0. The van der Waals surface area contributed by atoms with Crippen LogP contribution in [-0.4, -0.2) is 33.1 Å². The number of carbonyl (C=O) groups excluding carboxylic acids is 2. The third kappa shape index (κ3) is 2.65. The van der Waals surface area contributed by atoms with Gasteiger partial charge in [0.15, 0.2) is 0 Å². The van der Waals surface area contributed by atoms with Crippen molar-refractivity contribution >= 4 is 28.5 Å². The number of imidazole rings is 1. The number of aliphatic hydroxyl groups is 1.